The highest BCUT2D eigenvalue weighted by Crippen LogP contribution is 2.26. The van der Waals surface area contributed by atoms with E-state index in [4.69, 9.17) is 14.0 Å². The Kier molecular flexibility index (Phi) is 3.75. The Hall–Kier alpha value is -2.50. The van der Waals surface area contributed by atoms with Crippen molar-refractivity contribution in [2.75, 3.05) is 20.8 Å². The summed E-state index contributed by atoms with van der Waals surface area (Å²) in [5.41, 5.74) is 2.56. The molecule has 0 N–H and O–H groups in total. The van der Waals surface area contributed by atoms with Gasteiger partial charge >= 0.3 is 0 Å². The van der Waals surface area contributed by atoms with Gasteiger partial charge in [0.25, 0.3) is 5.91 Å². The van der Waals surface area contributed by atoms with Gasteiger partial charge in [-0.15, -0.1) is 0 Å². The molecule has 1 aromatic carbocycles. The van der Waals surface area contributed by atoms with Crippen LogP contribution in [-0.4, -0.2) is 36.7 Å². The number of methoxy groups -OCH3 is 2. The lowest BCUT2D eigenvalue weighted by molar-refractivity contribution is 0.0715. The topological polar surface area (TPSA) is 64.8 Å². The van der Waals surface area contributed by atoms with Crippen LogP contribution in [0.2, 0.25) is 0 Å². The maximum atomic E-state index is 12.7. The number of amides is 1. The molecular weight excluding hydrogens is 284 g/mol. The molecule has 1 aliphatic heterocycles. The number of rotatable bonds is 3. The molecule has 0 fully saturated rings. The van der Waals surface area contributed by atoms with Crippen LogP contribution in [0, 0.1) is 6.92 Å². The summed E-state index contributed by atoms with van der Waals surface area (Å²) >= 11 is 0. The Labute approximate surface area is 128 Å². The van der Waals surface area contributed by atoms with Crippen molar-refractivity contribution in [3.05, 3.63) is 40.8 Å². The van der Waals surface area contributed by atoms with E-state index in [-0.39, 0.29) is 5.91 Å². The van der Waals surface area contributed by atoms with Crippen molar-refractivity contribution < 1.29 is 18.8 Å². The maximum Gasteiger partial charge on any atom is 0.254 e. The number of hydrogen-bond acceptors (Lipinski definition) is 5. The van der Waals surface area contributed by atoms with Crippen LogP contribution in [0.25, 0.3) is 0 Å². The Morgan fingerprint density at radius 1 is 1.23 bits per heavy atom. The summed E-state index contributed by atoms with van der Waals surface area (Å²) in [4.78, 5) is 14.5. The fourth-order valence-corrected chi connectivity index (χ4v) is 2.67. The normalized spacial score (nSPS) is 13.7. The lowest BCUT2D eigenvalue weighted by atomic mass is 10.0. The second-order valence-corrected chi connectivity index (χ2v) is 5.25. The highest BCUT2D eigenvalue weighted by Gasteiger charge is 2.26. The average molecular weight is 302 g/mol. The minimum absolute atomic E-state index is 0.0723. The zero-order valence-electron chi connectivity index (χ0n) is 12.9. The molecular formula is C16H18N2O4. The maximum absolute atomic E-state index is 12.7. The van der Waals surface area contributed by atoms with Crippen LogP contribution in [-0.2, 0) is 13.0 Å². The van der Waals surface area contributed by atoms with Crippen molar-refractivity contribution in [1.82, 2.24) is 10.1 Å². The second-order valence-electron chi connectivity index (χ2n) is 5.25. The first-order valence-corrected chi connectivity index (χ1v) is 7.08. The van der Waals surface area contributed by atoms with Crippen LogP contribution in [0.4, 0.5) is 0 Å². The van der Waals surface area contributed by atoms with Gasteiger partial charge < -0.3 is 18.9 Å². The molecule has 1 aromatic heterocycles. The summed E-state index contributed by atoms with van der Waals surface area (Å²) in [6, 6.07) is 5.17. The predicted molar refractivity (Wildman–Crippen MR) is 79.2 cm³/mol. The quantitative estimate of drug-likeness (QED) is 0.869. The molecule has 0 spiro atoms. The van der Waals surface area contributed by atoms with Crippen LogP contribution in [0.5, 0.6) is 11.5 Å². The van der Waals surface area contributed by atoms with E-state index in [1.807, 2.05) is 6.92 Å². The molecule has 2 heterocycles. The highest BCUT2D eigenvalue weighted by atomic mass is 16.5. The molecule has 0 bridgehead atoms. The van der Waals surface area contributed by atoms with E-state index < -0.39 is 0 Å². The fraction of sp³-hybridized carbons (Fsp3) is 0.375. The first kappa shape index (κ1) is 14.4. The van der Waals surface area contributed by atoms with Gasteiger partial charge in [0.2, 0.25) is 0 Å². The Morgan fingerprint density at radius 2 is 1.91 bits per heavy atom. The zero-order valence-corrected chi connectivity index (χ0v) is 12.9. The van der Waals surface area contributed by atoms with E-state index in [0.29, 0.717) is 30.2 Å². The number of nitrogens with zero attached hydrogens (tertiary/aromatic N) is 2. The molecule has 0 saturated heterocycles. The molecule has 22 heavy (non-hydrogen) atoms. The lowest BCUT2D eigenvalue weighted by Gasteiger charge is -2.26. The van der Waals surface area contributed by atoms with Gasteiger partial charge in [-0.05, 0) is 25.5 Å². The van der Waals surface area contributed by atoms with Crippen molar-refractivity contribution in [2.45, 2.75) is 19.9 Å². The van der Waals surface area contributed by atoms with Gasteiger partial charge in [0.15, 0.2) is 5.76 Å². The molecule has 6 heteroatoms. The smallest absolute Gasteiger partial charge is 0.254 e. The zero-order chi connectivity index (χ0) is 15.7. The van der Waals surface area contributed by atoms with Crippen LogP contribution in [0.15, 0.2) is 22.7 Å². The van der Waals surface area contributed by atoms with Crippen molar-refractivity contribution in [2.24, 2.45) is 0 Å². The van der Waals surface area contributed by atoms with Gasteiger partial charge in [-0.1, -0.05) is 5.16 Å². The predicted octanol–water partition coefficient (Wildman–Crippen LogP) is 2.20. The van der Waals surface area contributed by atoms with Crippen molar-refractivity contribution >= 4 is 5.91 Å². The first-order chi connectivity index (χ1) is 10.6. The van der Waals surface area contributed by atoms with Gasteiger partial charge in [-0.25, -0.2) is 0 Å². The molecule has 0 atom stereocenters. The SMILES string of the molecule is COc1cc(OC)cc(C(=O)N2CCc3c(C)noc3C2)c1. The van der Waals surface area contributed by atoms with E-state index in [1.54, 1.807) is 37.3 Å². The van der Waals surface area contributed by atoms with Crippen molar-refractivity contribution in [3.63, 3.8) is 0 Å². The third-order valence-corrected chi connectivity index (χ3v) is 3.92. The van der Waals surface area contributed by atoms with Crippen LogP contribution < -0.4 is 9.47 Å². The Morgan fingerprint density at radius 3 is 2.55 bits per heavy atom. The third-order valence-electron chi connectivity index (χ3n) is 3.92. The Balaban J connectivity index is 1.86. The van der Waals surface area contributed by atoms with Gasteiger partial charge in [0.05, 0.1) is 26.5 Å². The van der Waals surface area contributed by atoms with Crippen LogP contribution >= 0.6 is 0 Å². The monoisotopic (exact) mass is 302 g/mol. The number of carbonyl (C=O) groups is 1. The first-order valence-electron chi connectivity index (χ1n) is 7.08. The van der Waals surface area contributed by atoms with E-state index >= 15 is 0 Å². The largest absolute Gasteiger partial charge is 0.497 e. The number of ether oxygens (including phenoxy) is 2. The number of fused-ring (bicyclic) bond motifs is 1. The molecule has 0 unspecified atom stereocenters. The minimum atomic E-state index is -0.0723. The van der Waals surface area contributed by atoms with E-state index in [1.165, 1.54) is 0 Å². The highest BCUT2D eigenvalue weighted by molar-refractivity contribution is 5.95. The molecule has 1 amide bonds. The number of aryl methyl sites for hydroxylation is 1. The molecule has 2 aromatic rings. The van der Waals surface area contributed by atoms with Crippen molar-refractivity contribution in [1.29, 1.82) is 0 Å². The minimum Gasteiger partial charge on any atom is -0.497 e. The van der Waals surface area contributed by atoms with Gasteiger partial charge in [-0.3, -0.25) is 4.79 Å². The molecule has 3 rings (SSSR count). The van der Waals surface area contributed by atoms with Crippen LogP contribution in [0.3, 0.4) is 0 Å². The number of carbonyl (C=O) groups excluding carboxylic acids is 1. The van der Waals surface area contributed by atoms with Gasteiger partial charge in [-0.2, -0.15) is 0 Å². The fourth-order valence-electron chi connectivity index (χ4n) is 2.67. The summed E-state index contributed by atoms with van der Waals surface area (Å²) in [5, 5.41) is 3.97. The summed E-state index contributed by atoms with van der Waals surface area (Å²) in [6.07, 6.45) is 0.761. The number of hydrogen-bond donors (Lipinski definition) is 0. The molecule has 0 radical (unpaired) electrons. The second kappa shape index (κ2) is 5.71. The summed E-state index contributed by atoms with van der Waals surface area (Å²) in [5.74, 6) is 1.88. The van der Waals surface area contributed by atoms with E-state index in [2.05, 4.69) is 5.16 Å². The third kappa shape index (κ3) is 2.52. The molecule has 6 nitrogen and oxygen atoms in total. The van der Waals surface area contributed by atoms with Crippen LogP contribution in [0.1, 0.15) is 27.4 Å². The summed E-state index contributed by atoms with van der Waals surface area (Å²) in [6.45, 7) is 3.01. The van der Waals surface area contributed by atoms with E-state index in [0.717, 1.165) is 23.4 Å². The Bertz CT molecular complexity index is 686. The molecule has 1 aliphatic rings. The van der Waals surface area contributed by atoms with E-state index in [9.17, 15) is 4.79 Å². The standard InChI is InChI=1S/C16H18N2O4/c1-10-14-4-5-18(9-15(14)22-17-10)16(19)11-6-12(20-2)8-13(7-11)21-3/h6-8H,4-5,9H2,1-3H3. The lowest BCUT2D eigenvalue weighted by Crippen LogP contribution is -2.35. The molecule has 0 saturated carbocycles. The van der Waals surface area contributed by atoms with Gasteiger partial charge in [0, 0.05) is 23.7 Å². The number of benzene rings is 1. The molecule has 0 aliphatic carbocycles. The summed E-state index contributed by atoms with van der Waals surface area (Å²) < 4.78 is 15.7. The average Bonchev–Trinajstić information content (AvgIpc) is 2.94. The number of aromatic nitrogens is 1. The summed E-state index contributed by atoms with van der Waals surface area (Å²) in [7, 11) is 3.13. The van der Waals surface area contributed by atoms with Gasteiger partial charge in [0.1, 0.15) is 11.5 Å². The van der Waals surface area contributed by atoms with Crippen molar-refractivity contribution in [3.8, 4) is 11.5 Å². The molecule has 116 valence electrons.